The molecule has 58 valence electrons. The van der Waals surface area contributed by atoms with E-state index < -0.39 is 5.97 Å². The Kier molecular flexibility index (Phi) is 5.36. The topological polar surface area (TPSA) is 26.3 Å². The number of benzene rings is 1. The summed E-state index contributed by atoms with van der Waals surface area (Å²) < 4.78 is 4.68. The minimum atomic E-state index is -0.492. The average molecular weight is 156 g/mol. The van der Waals surface area contributed by atoms with Crippen LogP contribution in [0.15, 0.2) is 30.3 Å². The molecule has 0 N–H and O–H groups in total. The molecule has 0 radical (unpaired) electrons. The summed E-state index contributed by atoms with van der Waals surface area (Å²) in [5, 5.41) is 0. The Balaban J connectivity index is 0.00000121. The van der Waals surface area contributed by atoms with Gasteiger partial charge in [0.2, 0.25) is 0 Å². The normalized spacial score (nSPS) is 8.33. The predicted molar refractivity (Wildman–Crippen MR) is 41.6 cm³/mol. The van der Waals surface area contributed by atoms with Gasteiger partial charge < -0.3 is 4.74 Å². The monoisotopic (exact) mass is 156 g/mol. The Labute approximate surface area is 84.1 Å². The van der Waals surface area contributed by atoms with Crippen molar-refractivity contribution in [2.75, 3.05) is 0 Å². The molecule has 1 aromatic carbocycles. The van der Waals surface area contributed by atoms with Crippen LogP contribution in [0, 0.1) is 6.92 Å². The number of rotatable bonds is 2. The van der Waals surface area contributed by atoms with E-state index in [4.69, 9.17) is 0 Å². The number of esters is 1. The van der Waals surface area contributed by atoms with Crippen LogP contribution in [-0.2, 0) is 16.1 Å². The number of hydrogen-bond donors (Lipinski definition) is 0. The Hall–Kier alpha value is -0.843. The first-order valence-electron chi connectivity index (χ1n) is 3.31. The summed E-state index contributed by atoms with van der Waals surface area (Å²) in [6.07, 6.45) is 0. The van der Waals surface area contributed by atoms with E-state index in [0.717, 1.165) is 5.56 Å². The zero-order chi connectivity index (χ0) is 8.10. The second-order valence-electron chi connectivity index (χ2n) is 2.15. The molecule has 0 heterocycles. The molecule has 1 rings (SSSR count). The van der Waals surface area contributed by atoms with Crippen molar-refractivity contribution in [1.29, 1.82) is 0 Å². The van der Waals surface area contributed by atoms with Gasteiger partial charge in [-0.25, -0.2) is 0 Å². The van der Waals surface area contributed by atoms with Crippen LogP contribution in [0.5, 0.6) is 0 Å². The molecular formula is C9H9LiO2. The van der Waals surface area contributed by atoms with Gasteiger partial charge in [0.05, 0.1) is 0 Å². The zero-order valence-corrected chi connectivity index (χ0v) is 7.12. The van der Waals surface area contributed by atoms with Crippen molar-refractivity contribution in [3.8, 4) is 0 Å². The third kappa shape index (κ3) is 4.12. The first kappa shape index (κ1) is 11.2. The van der Waals surface area contributed by atoms with Gasteiger partial charge in [0.15, 0.2) is 5.97 Å². The van der Waals surface area contributed by atoms with Crippen molar-refractivity contribution >= 4 is 5.97 Å². The molecular weight excluding hydrogens is 147 g/mol. The van der Waals surface area contributed by atoms with Gasteiger partial charge >= 0.3 is 18.9 Å². The smallest absolute Gasteiger partial charge is 0.484 e. The van der Waals surface area contributed by atoms with E-state index >= 15 is 0 Å². The summed E-state index contributed by atoms with van der Waals surface area (Å²) in [6.45, 7) is 3.40. The fourth-order valence-corrected chi connectivity index (χ4v) is 0.738. The van der Waals surface area contributed by atoms with E-state index in [0.29, 0.717) is 6.61 Å². The van der Waals surface area contributed by atoms with E-state index in [-0.39, 0.29) is 18.9 Å². The van der Waals surface area contributed by atoms with Crippen LogP contribution < -0.4 is 18.9 Å². The maximum atomic E-state index is 10.3. The van der Waals surface area contributed by atoms with E-state index in [1.165, 1.54) is 0 Å². The van der Waals surface area contributed by atoms with Crippen LogP contribution in [0.2, 0.25) is 0 Å². The molecule has 0 atom stereocenters. The standard InChI is InChI=1S/C9H9O2.Li/c1-8(10)11-7-9-5-3-2-4-6-9;/h2-6H,1,7H2;/q-1;+1. The molecule has 2 nitrogen and oxygen atoms in total. The third-order valence-electron chi connectivity index (χ3n) is 1.24. The summed E-state index contributed by atoms with van der Waals surface area (Å²) in [6, 6.07) is 9.49. The molecule has 0 aliphatic rings. The fraction of sp³-hybridized carbons (Fsp3) is 0.111. The molecule has 0 aliphatic carbocycles. The second-order valence-corrected chi connectivity index (χ2v) is 2.15. The average Bonchev–Trinajstić information content (AvgIpc) is 2.03. The zero-order valence-electron chi connectivity index (χ0n) is 7.12. The van der Waals surface area contributed by atoms with Crippen LogP contribution in [0.4, 0.5) is 0 Å². The molecule has 0 aliphatic heterocycles. The molecule has 0 bridgehead atoms. The minimum Gasteiger partial charge on any atom is -0.484 e. The SMILES string of the molecule is [CH2-]C(=O)OCc1ccccc1.[Li+]. The van der Waals surface area contributed by atoms with Crippen LogP contribution in [0.25, 0.3) is 0 Å². The first-order chi connectivity index (χ1) is 5.29. The Morgan fingerprint density at radius 2 is 1.92 bits per heavy atom. The molecule has 0 saturated carbocycles. The predicted octanol–water partition coefficient (Wildman–Crippen LogP) is -1.43. The van der Waals surface area contributed by atoms with E-state index in [1.54, 1.807) is 0 Å². The van der Waals surface area contributed by atoms with Gasteiger partial charge in [0, 0.05) is 0 Å². The van der Waals surface area contributed by atoms with Crippen LogP contribution >= 0.6 is 0 Å². The van der Waals surface area contributed by atoms with Crippen molar-refractivity contribution < 1.29 is 28.4 Å². The molecule has 0 spiro atoms. The summed E-state index contributed by atoms with van der Waals surface area (Å²) in [7, 11) is 0. The number of ether oxygens (including phenoxy) is 1. The first-order valence-corrected chi connectivity index (χ1v) is 3.31. The van der Waals surface area contributed by atoms with Crippen molar-refractivity contribution in [1.82, 2.24) is 0 Å². The largest absolute Gasteiger partial charge is 1.00 e. The summed E-state index contributed by atoms with van der Waals surface area (Å²) >= 11 is 0. The maximum Gasteiger partial charge on any atom is 1.00 e. The quantitative estimate of drug-likeness (QED) is 0.298. The third-order valence-corrected chi connectivity index (χ3v) is 1.24. The number of hydrogen-bond acceptors (Lipinski definition) is 2. The number of carbonyl (C=O) groups excluding carboxylic acids is 1. The minimum absolute atomic E-state index is 0. The van der Waals surface area contributed by atoms with Gasteiger partial charge in [-0.3, -0.25) is 11.7 Å². The number of carbonyl (C=O) groups is 1. The van der Waals surface area contributed by atoms with E-state index in [9.17, 15) is 4.79 Å². The second kappa shape index (κ2) is 5.76. The van der Waals surface area contributed by atoms with Crippen molar-refractivity contribution in [2.45, 2.75) is 6.61 Å². The van der Waals surface area contributed by atoms with E-state index in [2.05, 4.69) is 11.7 Å². The molecule has 3 heteroatoms. The Morgan fingerprint density at radius 1 is 1.33 bits per heavy atom. The molecule has 0 unspecified atom stereocenters. The van der Waals surface area contributed by atoms with Gasteiger partial charge in [-0.2, -0.15) is 0 Å². The molecule has 1 aromatic rings. The van der Waals surface area contributed by atoms with Gasteiger partial charge in [0.1, 0.15) is 6.61 Å². The van der Waals surface area contributed by atoms with E-state index in [1.807, 2.05) is 30.3 Å². The molecule has 0 aromatic heterocycles. The van der Waals surface area contributed by atoms with Gasteiger partial charge in [-0.05, 0) is 5.56 Å². The Bertz CT molecular complexity index is 234. The fourth-order valence-electron chi connectivity index (χ4n) is 0.738. The molecule has 12 heavy (non-hydrogen) atoms. The van der Waals surface area contributed by atoms with Gasteiger partial charge in [-0.15, -0.1) is 0 Å². The van der Waals surface area contributed by atoms with Gasteiger partial charge in [0.25, 0.3) is 0 Å². The summed E-state index contributed by atoms with van der Waals surface area (Å²) in [5.74, 6) is -0.492. The molecule has 0 fully saturated rings. The Morgan fingerprint density at radius 3 is 2.42 bits per heavy atom. The summed E-state index contributed by atoms with van der Waals surface area (Å²) in [5.41, 5.74) is 0.976. The van der Waals surface area contributed by atoms with Crippen LogP contribution in [-0.4, -0.2) is 5.97 Å². The molecule has 0 saturated heterocycles. The van der Waals surface area contributed by atoms with Crippen molar-refractivity contribution in [3.05, 3.63) is 42.8 Å². The van der Waals surface area contributed by atoms with Crippen molar-refractivity contribution in [2.24, 2.45) is 0 Å². The van der Waals surface area contributed by atoms with Crippen LogP contribution in [0.3, 0.4) is 0 Å². The van der Waals surface area contributed by atoms with Crippen molar-refractivity contribution in [3.63, 3.8) is 0 Å². The van der Waals surface area contributed by atoms with Gasteiger partial charge in [-0.1, -0.05) is 30.3 Å². The van der Waals surface area contributed by atoms with Crippen LogP contribution in [0.1, 0.15) is 5.56 Å². The maximum absolute atomic E-state index is 10.3. The summed E-state index contributed by atoms with van der Waals surface area (Å²) in [4.78, 5) is 10.3. The molecule has 0 amide bonds.